The SMILES string of the molecule is C=C1C(=O)Nc2ccccc21.CC.CC.[W]=[C]1CNc2ccccc21. The van der Waals surface area contributed by atoms with Crippen molar-refractivity contribution in [1.82, 2.24) is 0 Å². The summed E-state index contributed by atoms with van der Waals surface area (Å²) >= 11 is 1.58. The Labute approximate surface area is 162 Å². The van der Waals surface area contributed by atoms with Crippen LogP contribution in [0, 0.1) is 0 Å². The number of carbonyl (C=O) groups excluding carboxylic acids is 1. The molecule has 2 N–H and O–H groups in total. The van der Waals surface area contributed by atoms with Crippen molar-refractivity contribution in [2.45, 2.75) is 27.7 Å². The maximum absolute atomic E-state index is 11.0. The van der Waals surface area contributed by atoms with Crippen LogP contribution in [0.1, 0.15) is 38.8 Å². The summed E-state index contributed by atoms with van der Waals surface area (Å²) in [5, 5.41) is 6.04. The Morgan fingerprint density at radius 1 is 0.880 bits per heavy atom. The average Bonchev–Trinajstić information content (AvgIpc) is 3.20. The molecule has 1 amide bonds. The van der Waals surface area contributed by atoms with Crippen molar-refractivity contribution < 1.29 is 24.1 Å². The van der Waals surface area contributed by atoms with E-state index in [2.05, 4.69) is 41.5 Å². The van der Waals surface area contributed by atoms with E-state index in [1.165, 1.54) is 15.1 Å². The predicted octanol–water partition coefficient (Wildman–Crippen LogP) is 4.88. The number of benzene rings is 2. The van der Waals surface area contributed by atoms with Crippen molar-refractivity contribution in [1.29, 1.82) is 0 Å². The normalized spacial score (nSPS) is 12.7. The summed E-state index contributed by atoms with van der Waals surface area (Å²) in [4.78, 5) is 11.0. The van der Waals surface area contributed by atoms with Crippen molar-refractivity contribution >= 4 is 26.8 Å². The van der Waals surface area contributed by atoms with Crippen LogP contribution in [0.4, 0.5) is 11.4 Å². The van der Waals surface area contributed by atoms with E-state index >= 15 is 0 Å². The Morgan fingerprint density at radius 3 is 1.96 bits per heavy atom. The van der Waals surface area contributed by atoms with Gasteiger partial charge in [0.05, 0.1) is 0 Å². The van der Waals surface area contributed by atoms with Gasteiger partial charge in [-0.2, -0.15) is 0 Å². The summed E-state index contributed by atoms with van der Waals surface area (Å²) < 4.78 is 1.52. The molecule has 0 unspecified atom stereocenters. The van der Waals surface area contributed by atoms with Crippen molar-refractivity contribution in [3.63, 3.8) is 0 Å². The molecule has 2 heterocycles. The average molecular weight is 506 g/mol. The predicted molar refractivity (Wildman–Crippen MR) is 106 cm³/mol. The quantitative estimate of drug-likeness (QED) is 0.501. The van der Waals surface area contributed by atoms with E-state index < -0.39 is 0 Å². The van der Waals surface area contributed by atoms with Crippen molar-refractivity contribution in [3.05, 3.63) is 66.2 Å². The number of rotatable bonds is 0. The molecule has 3 nitrogen and oxygen atoms in total. The first-order valence-electron chi connectivity index (χ1n) is 8.62. The molecule has 0 aliphatic carbocycles. The fourth-order valence-corrected chi connectivity index (χ4v) is 3.23. The summed E-state index contributed by atoms with van der Waals surface area (Å²) in [5.74, 6) is -0.0915. The zero-order valence-corrected chi connectivity index (χ0v) is 18.3. The first-order chi connectivity index (χ1) is 12.2. The van der Waals surface area contributed by atoms with Gasteiger partial charge in [0.1, 0.15) is 0 Å². The monoisotopic (exact) mass is 506 g/mol. The van der Waals surface area contributed by atoms with Crippen molar-refractivity contribution in [3.8, 4) is 0 Å². The molecule has 0 aromatic heterocycles. The summed E-state index contributed by atoms with van der Waals surface area (Å²) in [6, 6.07) is 16.0. The van der Waals surface area contributed by atoms with E-state index in [-0.39, 0.29) is 5.91 Å². The Balaban J connectivity index is 0.000000210. The number of nitrogens with one attached hydrogen (secondary N) is 2. The zero-order chi connectivity index (χ0) is 18.8. The van der Waals surface area contributed by atoms with Gasteiger partial charge in [-0.15, -0.1) is 0 Å². The minimum absolute atomic E-state index is 0.0915. The van der Waals surface area contributed by atoms with E-state index in [9.17, 15) is 4.79 Å². The molecule has 0 spiro atoms. The van der Waals surface area contributed by atoms with E-state index in [1.54, 1.807) is 19.4 Å². The first kappa shape index (κ1) is 21.1. The molecule has 0 fully saturated rings. The maximum atomic E-state index is 11.0. The Kier molecular flexibility index (Phi) is 9.08. The molecule has 2 aromatic rings. The molecule has 4 rings (SSSR count). The molecule has 0 bridgehead atoms. The second-order valence-electron chi connectivity index (χ2n) is 4.80. The third-order valence-electron chi connectivity index (χ3n) is 3.44. The summed E-state index contributed by atoms with van der Waals surface area (Å²) in [6.07, 6.45) is 0. The van der Waals surface area contributed by atoms with E-state index in [0.717, 1.165) is 17.8 Å². The topological polar surface area (TPSA) is 41.1 Å². The van der Waals surface area contributed by atoms with Crippen molar-refractivity contribution in [2.24, 2.45) is 0 Å². The van der Waals surface area contributed by atoms with Gasteiger partial charge in [0.2, 0.25) is 0 Å². The standard InChI is InChI=1S/C9H7NO.C8H7N.2C2H6.W/c1-6-7-4-2-3-5-8(7)10-9(6)11;1-2-4-8-7(3-1)5-6-9-8;2*1-2;/h2-5H,1H2,(H,10,11);1-4,9H,6H2;2*1-2H3;. The van der Waals surface area contributed by atoms with Gasteiger partial charge in [-0.1, -0.05) is 52.5 Å². The third kappa shape index (κ3) is 5.24. The number of hydrogen-bond donors (Lipinski definition) is 2. The van der Waals surface area contributed by atoms with Crippen LogP contribution in [0.5, 0.6) is 0 Å². The number of hydrogen-bond acceptors (Lipinski definition) is 2. The molecule has 2 aliphatic heterocycles. The van der Waals surface area contributed by atoms with Gasteiger partial charge in [0.25, 0.3) is 5.91 Å². The molecule has 2 aromatic carbocycles. The Bertz CT molecular complexity index is 753. The first-order valence-corrected chi connectivity index (χ1v) is 10.1. The summed E-state index contributed by atoms with van der Waals surface area (Å²) in [7, 11) is 0. The number of para-hydroxylation sites is 2. The molecule has 25 heavy (non-hydrogen) atoms. The van der Waals surface area contributed by atoms with E-state index in [4.69, 9.17) is 0 Å². The number of fused-ring (bicyclic) bond motifs is 2. The number of amides is 1. The van der Waals surface area contributed by atoms with Crippen LogP contribution in [0.25, 0.3) is 5.57 Å². The molecular weight excluding hydrogens is 480 g/mol. The third-order valence-corrected chi connectivity index (χ3v) is 4.75. The summed E-state index contributed by atoms with van der Waals surface area (Å²) in [5.41, 5.74) is 5.05. The molecule has 132 valence electrons. The minimum atomic E-state index is -0.0915. The van der Waals surface area contributed by atoms with Crippen LogP contribution in [-0.2, 0) is 24.1 Å². The van der Waals surface area contributed by atoms with Crippen LogP contribution in [-0.4, -0.2) is 16.3 Å². The van der Waals surface area contributed by atoms with Gasteiger partial charge < -0.3 is 5.32 Å². The Morgan fingerprint density at radius 2 is 1.40 bits per heavy atom. The van der Waals surface area contributed by atoms with Crippen molar-refractivity contribution in [2.75, 3.05) is 17.2 Å². The van der Waals surface area contributed by atoms with E-state index in [0.29, 0.717) is 5.57 Å². The fraction of sp³-hybridized carbons (Fsp3) is 0.238. The molecular formula is C21H26N2OW. The zero-order valence-electron chi connectivity index (χ0n) is 15.3. The molecule has 0 radical (unpaired) electrons. The molecule has 0 saturated heterocycles. The second kappa shape index (κ2) is 10.8. The van der Waals surface area contributed by atoms with Gasteiger partial charge >= 0.3 is 70.6 Å². The van der Waals surface area contributed by atoms with Gasteiger partial charge in [0, 0.05) is 16.8 Å². The van der Waals surface area contributed by atoms with Crippen LogP contribution < -0.4 is 10.6 Å². The van der Waals surface area contributed by atoms with Crippen LogP contribution in [0.15, 0.2) is 55.1 Å². The molecule has 4 heteroatoms. The van der Waals surface area contributed by atoms with E-state index in [1.807, 2.05) is 52.0 Å². The van der Waals surface area contributed by atoms with Gasteiger partial charge in [-0.05, 0) is 6.07 Å². The number of anilines is 2. The van der Waals surface area contributed by atoms with Gasteiger partial charge in [-0.25, -0.2) is 0 Å². The van der Waals surface area contributed by atoms with Crippen LogP contribution in [0.3, 0.4) is 0 Å². The van der Waals surface area contributed by atoms with Gasteiger partial charge in [0.15, 0.2) is 0 Å². The Hall–Kier alpha value is -1.99. The molecule has 0 saturated carbocycles. The molecule has 0 atom stereocenters. The number of carbonyl (C=O) groups is 1. The second-order valence-corrected chi connectivity index (χ2v) is 6.57. The van der Waals surface area contributed by atoms with Crippen LogP contribution >= 0.6 is 0 Å². The molecule has 2 aliphatic rings. The van der Waals surface area contributed by atoms with Gasteiger partial charge in [-0.3, -0.25) is 4.79 Å². The summed E-state index contributed by atoms with van der Waals surface area (Å²) in [6.45, 7) is 12.7. The van der Waals surface area contributed by atoms with Crippen LogP contribution in [0.2, 0.25) is 0 Å². The fourth-order valence-electron chi connectivity index (χ4n) is 2.33.